The second kappa shape index (κ2) is 13.9. The highest BCUT2D eigenvalue weighted by Crippen LogP contribution is 2.51. The fourth-order valence-corrected chi connectivity index (χ4v) is 10.7. The number of hydrogen-bond acceptors (Lipinski definition) is 2. The third kappa shape index (κ3) is 5.41. The van der Waals surface area contributed by atoms with Crippen molar-refractivity contribution in [2.75, 3.05) is 4.90 Å². The zero-order valence-corrected chi connectivity index (χ0v) is 35.6. The van der Waals surface area contributed by atoms with E-state index in [4.69, 9.17) is 4.42 Å². The van der Waals surface area contributed by atoms with Gasteiger partial charge in [-0.25, -0.2) is 0 Å². The Morgan fingerprint density at radius 2 is 1.05 bits per heavy atom. The van der Waals surface area contributed by atoms with E-state index in [1.54, 1.807) is 0 Å². The van der Waals surface area contributed by atoms with Gasteiger partial charge in [0.05, 0.1) is 27.8 Å². The van der Waals surface area contributed by atoms with Crippen LogP contribution in [-0.4, -0.2) is 4.57 Å². The molecule has 0 amide bonds. The molecule has 0 atom stereocenters. The first-order valence-corrected chi connectivity index (χ1v) is 22.2. The Morgan fingerprint density at radius 3 is 1.88 bits per heavy atom. The van der Waals surface area contributed by atoms with Crippen LogP contribution < -0.4 is 4.90 Å². The molecule has 13 rings (SSSR count). The molecule has 0 unspecified atom stereocenters. The third-order valence-electron chi connectivity index (χ3n) is 13.8. The van der Waals surface area contributed by atoms with Crippen LogP contribution in [0.25, 0.3) is 93.6 Å². The highest BCUT2D eigenvalue weighted by Gasteiger charge is 2.35. The maximum atomic E-state index is 7.06. The molecular formula is C61H42N2O. The molecule has 1 aliphatic carbocycles. The maximum Gasteiger partial charge on any atom is 0.145 e. The molecule has 0 radical (unpaired) electrons. The molecule has 64 heavy (non-hydrogen) atoms. The van der Waals surface area contributed by atoms with Crippen molar-refractivity contribution in [2.45, 2.75) is 19.3 Å². The second-order valence-electron chi connectivity index (χ2n) is 17.7. The molecule has 0 N–H and O–H groups in total. The highest BCUT2D eigenvalue weighted by atomic mass is 16.3. The van der Waals surface area contributed by atoms with Crippen LogP contribution in [0.3, 0.4) is 0 Å². The summed E-state index contributed by atoms with van der Waals surface area (Å²) in [5, 5.41) is 7.01. The number of aromatic nitrogens is 1. The van der Waals surface area contributed by atoms with Crippen molar-refractivity contribution in [1.82, 2.24) is 4.57 Å². The van der Waals surface area contributed by atoms with E-state index in [1.165, 1.54) is 66.0 Å². The molecule has 1 aliphatic rings. The van der Waals surface area contributed by atoms with Crippen LogP contribution >= 0.6 is 0 Å². The summed E-state index contributed by atoms with van der Waals surface area (Å²) in [4.78, 5) is 2.43. The summed E-state index contributed by atoms with van der Waals surface area (Å²) >= 11 is 0. The number of rotatable bonds is 6. The van der Waals surface area contributed by atoms with Gasteiger partial charge in [-0.3, -0.25) is 0 Å². The maximum absolute atomic E-state index is 7.06. The molecule has 10 aromatic carbocycles. The normalized spacial score (nSPS) is 13.0. The number of anilines is 3. The number of furan rings is 1. The van der Waals surface area contributed by atoms with E-state index in [-0.39, 0.29) is 5.41 Å². The van der Waals surface area contributed by atoms with Gasteiger partial charge < -0.3 is 13.9 Å². The standard InChI is InChI=1S/C61H42N2O/c1-61(2)52-25-10-5-20-45(52)46-33-31-42(38-53(46)61)41-18-15-19-43(37-41)62(44-32-30-39-16-3-4-17-40(39)36-44)57-35-34-50(60-59(57)51-24-9-14-29-58(51)64-60)49-23-8-13-28-56(49)63-54-26-11-6-21-47(54)48-22-7-12-27-55(48)63/h3-38H,1-2H3. The molecule has 12 aromatic rings. The van der Waals surface area contributed by atoms with Gasteiger partial charge in [0.15, 0.2) is 0 Å². The van der Waals surface area contributed by atoms with E-state index in [0.717, 1.165) is 55.8 Å². The summed E-state index contributed by atoms with van der Waals surface area (Å²) in [6.07, 6.45) is 0. The SMILES string of the molecule is CC1(C)c2ccccc2-c2ccc(-c3cccc(N(c4ccc5ccccc5c4)c4ccc(-c5ccccc5-n5c6ccccc6c6ccccc65)c5oc6ccccc6c45)c3)cc21. The number of hydrogen-bond donors (Lipinski definition) is 0. The summed E-state index contributed by atoms with van der Waals surface area (Å²) < 4.78 is 9.47. The minimum atomic E-state index is -0.0907. The van der Waals surface area contributed by atoms with Gasteiger partial charge in [0.2, 0.25) is 0 Å². The minimum absolute atomic E-state index is 0.0907. The van der Waals surface area contributed by atoms with Gasteiger partial charge in [-0.05, 0) is 111 Å². The topological polar surface area (TPSA) is 21.3 Å². The van der Waals surface area contributed by atoms with Crippen LogP contribution in [0.1, 0.15) is 25.0 Å². The van der Waals surface area contributed by atoms with Crippen LogP contribution in [0.15, 0.2) is 223 Å². The fourth-order valence-electron chi connectivity index (χ4n) is 10.7. The van der Waals surface area contributed by atoms with Crippen molar-refractivity contribution in [3.63, 3.8) is 0 Å². The fraction of sp³-hybridized carbons (Fsp3) is 0.0492. The Labute approximate surface area is 371 Å². The van der Waals surface area contributed by atoms with Crippen molar-refractivity contribution in [2.24, 2.45) is 0 Å². The monoisotopic (exact) mass is 818 g/mol. The first-order chi connectivity index (χ1) is 31.5. The Bertz CT molecular complexity index is 3790. The highest BCUT2D eigenvalue weighted by molar-refractivity contribution is 6.18. The molecule has 0 saturated heterocycles. The molecule has 302 valence electrons. The first-order valence-electron chi connectivity index (χ1n) is 22.2. The summed E-state index contributed by atoms with van der Waals surface area (Å²) in [7, 11) is 0. The average molecular weight is 819 g/mol. The van der Waals surface area contributed by atoms with Crippen LogP contribution in [0.4, 0.5) is 17.1 Å². The van der Waals surface area contributed by atoms with Crippen LogP contribution in [-0.2, 0) is 5.41 Å². The Morgan fingerprint density at radius 1 is 0.422 bits per heavy atom. The molecule has 0 aliphatic heterocycles. The second-order valence-corrected chi connectivity index (χ2v) is 17.7. The number of benzene rings is 10. The zero-order chi connectivity index (χ0) is 42.5. The smallest absolute Gasteiger partial charge is 0.145 e. The van der Waals surface area contributed by atoms with E-state index in [1.807, 2.05) is 0 Å². The van der Waals surface area contributed by atoms with Crippen molar-refractivity contribution < 1.29 is 4.42 Å². The lowest BCUT2D eigenvalue weighted by molar-refractivity contribution is 0.660. The van der Waals surface area contributed by atoms with E-state index >= 15 is 0 Å². The van der Waals surface area contributed by atoms with Crippen LogP contribution in [0.2, 0.25) is 0 Å². The summed E-state index contributed by atoms with van der Waals surface area (Å²) in [5.41, 5.74) is 18.2. The lowest BCUT2D eigenvalue weighted by Crippen LogP contribution is -2.14. The molecule has 2 aromatic heterocycles. The molecule has 0 saturated carbocycles. The quantitative estimate of drug-likeness (QED) is 0.167. The summed E-state index contributed by atoms with van der Waals surface area (Å²) in [6.45, 7) is 4.70. The Hall–Kier alpha value is -8.14. The minimum Gasteiger partial charge on any atom is -0.455 e. The van der Waals surface area contributed by atoms with Crippen molar-refractivity contribution in [3.8, 4) is 39.1 Å². The van der Waals surface area contributed by atoms with Crippen molar-refractivity contribution >= 4 is 71.6 Å². The van der Waals surface area contributed by atoms with Gasteiger partial charge in [0.25, 0.3) is 0 Å². The van der Waals surface area contributed by atoms with E-state index < -0.39 is 0 Å². The number of nitrogens with zero attached hydrogens (tertiary/aromatic N) is 2. The van der Waals surface area contributed by atoms with Gasteiger partial charge >= 0.3 is 0 Å². The molecule has 3 nitrogen and oxygen atoms in total. The Balaban J connectivity index is 1.04. The molecule has 2 heterocycles. The van der Waals surface area contributed by atoms with Gasteiger partial charge in [-0.1, -0.05) is 166 Å². The van der Waals surface area contributed by atoms with E-state index in [9.17, 15) is 0 Å². The molecular weight excluding hydrogens is 777 g/mol. The van der Waals surface area contributed by atoms with Crippen molar-refractivity contribution in [1.29, 1.82) is 0 Å². The average Bonchev–Trinajstić information content (AvgIpc) is 3.98. The van der Waals surface area contributed by atoms with Gasteiger partial charge in [-0.15, -0.1) is 0 Å². The zero-order valence-electron chi connectivity index (χ0n) is 35.6. The summed E-state index contributed by atoms with van der Waals surface area (Å²) in [6, 6.07) is 79.6. The lowest BCUT2D eigenvalue weighted by atomic mass is 9.81. The first kappa shape index (κ1) is 36.5. The van der Waals surface area contributed by atoms with Gasteiger partial charge in [-0.2, -0.15) is 0 Å². The van der Waals surface area contributed by atoms with E-state index in [2.05, 4.69) is 242 Å². The molecule has 3 heteroatoms. The van der Waals surface area contributed by atoms with Crippen LogP contribution in [0, 0.1) is 0 Å². The lowest BCUT2D eigenvalue weighted by Gasteiger charge is -2.28. The molecule has 0 spiro atoms. The van der Waals surface area contributed by atoms with Gasteiger partial charge in [0.1, 0.15) is 11.2 Å². The van der Waals surface area contributed by atoms with Gasteiger partial charge in [0, 0.05) is 44.1 Å². The summed E-state index contributed by atoms with van der Waals surface area (Å²) in [5.74, 6) is 0. The molecule has 0 fully saturated rings. The predicted octanol–water partition coefficient (Wildman–Crippen LogP) is 16.9. The Kier molecular flexibility index (Phi) is 7.95. The number of fused-ring (bicyclic) bond motifs is 10. The predicted molar refractivity (Wildman–Crippen MR) is 269 cm³/mol. The largest absolute Gasteiger partial charge is 0.455 e. The number of para-hydroxylation sites is 4. The third-order valence-corrected chi connectivity index (χ3v) is 13.8. The van der Waals surface area contributed by atoms with Crippen molar-refractivity contribution in [3.05, 3.63) is 230 Å². The molecule has 0 bridgehead atoms. The van der Waals surface area contributed by atoms with Crippen LogP contribution in [0.5, 0.6) is 0 Å². The van der Waals surface area contributed by atoms with E-state index in [0.29, 0.717) is 0 Å².